The van der Waals surface area contributed by atoms with Crippen LogP contribution in [0.1, 0.15) is 35.2 Å². The van der Waals surface area contributed by atoms with Gasteiger partial charge in [0.15, 0.2) is 0 Å². The lowest BCUT2D eigenvalue weighted by Gasteiger charge is -2.36. The molecule has 1 atom stereocenters. The fourth-order valence-electron chi connectivity index (χ4n) is 4.74. The van der Waals surface area contributed by atoms with Gasteiger partial charge in [0.25, 0.3) is 0 Å². The van der Waals surface area contributed by atoms with Gasteiger partial charge in [0.2, 0.25) is 11.7 Å². The summed E-state index contributed by atoms with van der Waals surface area (Å²) in [6.07, 6.45) is -1.85. The number of amides is 1. The van der Waals surface area contributed by atoms with Gasteiger partial charge < -0.3 is 10.2 Å². The number of carbonyl (C=O) groups is 1. The topological polar surface area (TPSA) is 88.8 Å². The number of hydrogen-bond donors (Lipinski definition) is 1. The van der Waals surface area contributed by atoms with Crippen LogP contribution in [0.5, 0.6) is 0 Å². The van der Waals surface area contributed by atoms with Crippen molar-refractivity contribution in [2.75, 3.05) is 18.4 Å². The van der Waals surface area contributed by atoms with Gasteiger partial charge in [-0.1, -0.05) is 12.1 Å². The normalized spacial score (nSPS) is 19.9. The number of nitrogens with zero attached hydrogens (tertiary/aromatic N) is 6. The molecule has 1 amide bonds. The van der Waals surface area contributed by atoms with Gasteiger partial charge in [0.05, 0.1) is 30.3 Å². The molecule has 0 saturated carbocycles. The minimum atomic E-state index is -4.38. The molecule has 1 unspecified atom stereocenters. The van der Waals surface area contributed by atoms with Crippen LogP contribution >= 0.6 is 0 Å². The Bertz CT molecular complexity index is 1240. The standard InChI is InChI=1S/C23H24F3N7O/c1-14-18(21-29-31-32(2)30-21)12-16-7-8-22(28-20(16)27-14)9-10-33(13-22)19(34)11-15-3-5-17(6-4-15)23(24,25)26/h3-6,12H,7-11,13H2,1-2H3,(H,27,28). The summed E-state index contributed by atoms with van der Waals surface area (Å²) in [4.78, 5) is 20.8. The van der Waals surface area contributed by atoms with E-state index in [2.05, 4.69) is 26.8 Å². The van der Waals surface area contributed by atoms with E-state index >= 15 is 0 Å². The van der Waals surface area contributed by atoms with Crippen LogP contribution in [-0.2, 0) is 30.9 Å². The first-order valence-corrected chi connectivity index (χ1v) is 11.1. The van der Waals surface area contributed by atoms with Crippen LogP contribution in [0.4, 0.5) is 19.0 Å². The van der Waals surface area contributed by atoms with Crippen LogP contribution in [0.15, 0.2) is 30.3 Å². The van der Waals surface area contributed by atoms with Crippen LogP contribution in [0.3, 0.4) is 0 Å². The summed E-state index contributed by atoms with van der Waals surface area (Å²) >= 11 is 0. The first-order chi connectivity index (χ1) is 16.1. The molecule has 0 aliphatic carbocycles. The van der Waals surface area contributed by atoms with Crippen molar-refractivity contribution in [3.05, 3.63) is 52.7 Å². The molecule has 1 aromatic carbocycles. The lowest BCUT2D eigenvalue weighted by atomic mass is 9.86. The fourth-order valence-corrected chi connectivity index (χ4v) is 4.74. The summed E-state index contributed by atoms with van der Waals surface area (Å²) in [6, 6.07) is 6.84. The number of alkyl halides is 3. The number of aryl methyl sites for hydroxylation is 3. The van der Waals surface area contributed by atoms with E-state index in [0.717, 1.165) is 54.0 Å². The van der Waals surface area contributed by atoms with E-state index < -0.39 is 11.7 Å². The Balaban J connectivity index is 1.27. The number of anilines is 1. The Morgan fingerprint density at radius 1 is 1.21 bits per heavy atom. The highest BCUT2D eigenvalue weighted by Gasteiger charge is 2.42. The maximum absolute atomic E-state index is 12.9. The van der Waals surface area contributed by atoms with Crippen LogP contribution < -0.4 is 5.32 Å². The van der Waals surface area contributed by atoms with Gasteiger partial charge in [0, 0.05) is 18.7 Å². The summed E-state index contributed by atoms with van der Waals surface area (Å²) in [5.41, 5.74) is 2.33. The Morgan fingerprint density at radius 3 is 2.65 bits per heavy atom. The molecular weight excluding hydrogens is 447 g/mol. The third-order valence-corrected chi connectivity index (χ3v) is 6.64. The van der Waals surface area contributed by atoms with Crippen LogP contribution in [0.2, 0.25) is 0 Å². The smallest absolute Gasteiger partial charge is 0.363 e. The first kappa shape index (κ1) is 22.3. The van der Waals surface area contributed by atoms with Crippen molar-refractivity contribution in [1.82, 2.24) is 30.1 Å². The zero-order valence-electron chi connectivity index (χ0n) is 18.9. The molecule has 11 heteroatoms. The lowest BCUT2D eigenvalue weighted by molar-refractivity contribution is -0.137. The van der Waals surface area contributed by atoms with E-state index in [4.69, 9.17) is 4.98 Å². The van der Waals surface area contributed by atoms with Crippen LogP contribution in [-0.4, -0.2) is 54.6 Å². The van der Waals surface area contributed by atoms with Gasteiger partial charge in [-0.3, -0.25) is 4.79 Å². The molecule has 34 heavy (non-hydrogen) atoms. The summed E-state index contributed by atoms with van der Waals surface area (Å²) in [5, 5.41) is 15.8. The number of carbonyl (C=O) groups excluding carboxylic acids is 1. The molecule has 1 spiro atoms. The number of fused-ring (bicyclic) bond motifs is 1. The lowest BCUT2D eigenvalue weighted by Crippen LogP contribution is -2.45. The predicted octanol–water partition coefficient (Wildman–Crippen LogP) is 3.17. The van der Waals surface area contributed by atoms with Crippen LogP contribution in [0, 0.1) is 6.92 Å². The molecule has 0 radical (unpaired) electrons. The van der Waals surface area contributed by atoms with Crippen molar-refractivity contribution < 1.29 is 18.0 Å². The number of tetrazole rings is 1. The molecule has 3 aromatic rings. The van der Waals surface area contributed by atoms with E-state index in [1.165, 1.54) is 16.9 Å². The molecule has 5 rings (SSSR count). The van der Waals surface area contributed by atoms with Gasteiger partial charge in [-0.05, 0) is 60.7 Å². The average Bonchev–Trinajstić information content (AvgIpc) is 3.40. The van der Waals surface area contributed by atoms with Crippen molar-refractivity contribution in [2.24, 2.45) is 7.05 Å². The molecule has 1 fully saturated rings. The molecule has 1 N–H and O–H groups in total. The second-order valence-corrected chi connectivity index (χ2v) is 9.07. The van der Waals surface area contributed by atoms with E-state index in [1.807, 2.05) is 6.92 Å². The second-order valence-electron chi connectivity index (χ2n) is 9.07. The highest BCUT2D eigenvalue weighted by molar-refractivity contribution is 5.79. The molecule has 2 aromatic heterocycles. The number of pyridine rings is 1. The second kappa shape index (κ2) is 8.07. The van der Waals surface area contributed by atoms with E-state index in [-0.39, 0.29) is 17.9 Å². The molecule has 2 aliphatic rings. The minimum Gasteiger partial charge on any atom is -0.363 e. The number of aromatic nitrogens is 5. The summed E-state index contributed by atoms with van der Waals surface area (Å²) in [7, 11) is 1.72. The fraction of sp³-hybridized carbons (Fsp3) is 0.435. The predicted molar refractivity (Wildman–Crippen MR) is 118 cm³/mol. The van der Waals surface area contributed by atoms with Gasteiger partial charge in [-0.25, -0.2) is 4.98 Å². The Hall–Kier alpha value is -3.50. The zero-order valence-corrected chi connectivity index (χ0v) is 18.9. The van der Waals surface area contributed by atoms with E-state index in [1.54, 1.807) is 11.9 Å². The summed E-state index contributed by atoms with van der Waals surface area (Å²) in [5.74, 6) is 1.27. The van der Waals surface area contributed by atoms with Gasteiger partial charge >= 0.3 is 6.18 Å². The molecule has 1 saturated heterocycles. The van der Waals surface area contributed by atoms with Crippen molar-refractivity contribution in [3.63, 3.8) is 0 Å². The van der Waals surface area contributed by atoms with Gasteiger partial charge in [-0.15, -0.1) is 10.2 Å². The number of benzene rings is 1. The van der Waals surface area contributed by atoms with E-state index in [0.29, 0.717) is 24.5 Å². The number of likely N-dealkylation sites (tertiary alicyclic amines) is 1. The number of nitrogens with one attached hydrogen (secondary N) is 1. The summed E-state index contributed by atoms with van der Waals surface area (Å²) in [6.45, 7) is 3.05. The molecule has 0 bridgehead atoms. The van der Waals surface area contributed by atoms with Crippen molar-refractivity contribution >= 4 is 11.7 Å². The molecule has 4 heterocycles. The highest BCUT2D eigenvalue weighted by atomic mass is 19.4. The van der Waals surface area contributed by atoms with Gasteiger partial charge in [-0.2, -0.15) is 18.0 Å². The number of hydrogen-bond acceptors (Lipinski definition) is 6. The quantitative estimate of drug-likeness (QED) is 0.631. The van der Waals surface area contributed by atoms with E-state index in [9.17, 15) is 18.0 Å². The Morgan fingerprint density at radius 2 is 1.97 bits per heavy atom. The average molecular weight is 471 g/mol. The van der Waals surface area contributed by atoms with Crippen molar-refractivity contribution in [3.8, 4) is 11.4 Å². The molecule has 2 aliphatic heterocycles. The maximum atomic E-state index is 12.9. The summed E-state index contributed by atoms with van der Waals surface area (Å²) < 4.78 is 38.3. The minimum absolute atomic E-state index is 0.0800. The maximum Gasteiger partial charge on any atom is 0.416 e. The highest BCUT2D eigenvalue weighted by Crippen LogP contribution is 2.38. The van der Waals surface area contributed by atoms with Crippen molar-refractivity contribution in [2.45, 2.75) is 44.3 Å². The Kier molecular flexibility index (Phi) is 5.29. The SMILES string of the molecule is Cc1nc2c(cc1-c1nnn(C)n1)CCC1(CCN(C(=O)Cc3ccc(C(F)(F)F)cc3)C1)N2. The number of halogens is 3. The molecule has 178 valence electrons. The molecule has 8 nitrogen and oxygen atoms in total. The third-order valence-electron chi connectivity index (χ3n) is 6.64. The zero-order chi connectivity index (χ0) is 24.1. The first-order valence-electron chi connectivity index (χ1n) is 11.1. The van der Waals surface area contributed by atoms with Crippen molar-refractivity contribution in [1.29, 1.82) is 0 Å². The molecular formula is C23H24F3N7O. The van der Waals surface area contributed by atoms with Crippen LogP contribution in [0.25, 0.3) is 11.4 Å². The number of rotatable bonds is 3. The Labute approximate surface area is 194 Å². The van der Waals surface area contributed by atoms with Gasteiger partial charge in [0.1, 0.15) is 5.82 Å². The third kappa shape index (κ3) is 4.22. The largest absolute Gasteiger partial charge is 0.416 e. The monoisotopic (exact) mass is 471 g/mol.